The molecule has 3 rings (SSSR count). The molecule has 2 heterocycles. The summed E-state index contributed by atoms with van der Waals surface area (Å²) in [5, 5.41) is 0.898. The number of hydrogen-bond donors (Lipinski definition) is 0. The number of hydrogen-bond acceptors (Lipinski definition) is 5. The Hall–Kier alpha value is -2.14. The van der Waals surface area contributed by atoms with Crippen LogP contribution in [0.5, 0.6) is 11.6 Å². The average Bonchev–Trinajstić information content (AvgIpc) is 2.79. The summed E-state index contributed by atoms with van der Waals surface area (Å²) >= 11 is 0. The number of piperidine rings is 1. The first kappa shape index (κ1) is 22.5. The summed E-state index contributed by atoms with van der Waals surface area (Å²) in [7, 11) is 1.67. The SMILES string of the molecule is C=C[C@H]1CN(CCCCCCC)CC[C@@H]1CCOc1ncnc2ccc(OC)cc12. The molecule has 0 bridgehead atoms. The first-order valence-corrected chi connectivity index (χ1v) is 11.5. The molecule has 1 aromatic heterocycles. The Bertz CT molecular complexity index is 795. The fourth-order valence-electron chi connectivity index (χ4n) is 4.43. The van der Waals surface area contributed by atoms with Crippen LogP contribution in [-0.4, -0.2) is 48.2 Å². The van der Waals surface area contributed by atoms with Gasteiger partial charge in [0.2, 0.25) is 5.88 Å². The number of likely N-dealkylation sites (tertiary alicyclic amines) is 1. The summed E-state index contributed by atoms with van der Waals surface area (Å²) in [6.45, 7) is 10.6. The van der Waals surface area contributed by atoms with Crippen molar-refractivity contribution in [3.8, 4) is 11.6 Å². The van der Waals surface area contributed by atoms with Gasteiger partial charge >= 0.3 is 0 Å². The summed E-state index contributed by atoms with van der Waals surface area (Å²) in [4.78, 5) is 11.3. The summed E-state index contributed by atoms with van der Waals surface area (Å²) in [5.74, 6) is 2.59. The van der Waals surface area contributed by atoms with Gasteiger partial charge in [0.25, 0.3) is 0 Å². The molecule has 0 amide bonds. The minimum absolute atomic E-state index is 0.542. The lowest BCUT2D eigenvalue weighted by atomic mass is 9.83. The van der Waals surface area contributed by atoms with Crippen molar-refractivity contribution in [1.29, 1.82) is 0 Å². The topological polar surface area (TPSA) is 47.5 Å². The van der Waals surface area contributed by atoms with Gasteiger partial charge in [-0.1, -0.05) is 38.7 Å². The lowest BCUT2D eigenvalue weighted by molar-refractivity contribution is 0.124. The van der Waals surface area contributed by atoms with E-state index >= 15 is 0 Å². The van der Waals surface area contributed by atoms with E-state index < -0.39 is 0 Å². The number of ether oxygens (including phenoxy) is 2. The van der Waals surface area contributed by atoms with Crippen LogP contribution in [0.15, 0.2) is 37.2 Å². The maximum atomic E-state index is 6.09. The van der Waals surface area contributed by atoms with Gasteiger partial charge in [-0.15, -0.1) is 6.58 Å². The van der Waals surface area contributed by atoms with Crippen molar-refractivity contribution >= 4 is 10.9 Å². The lowest BCUT2D eigenvalue weighted by Gasteiger charge is -2.37. The van der Waals surface area contributed by atoms with E-state index in [4.69, 9.17) is 9.47 Å². The summed E-state index contributed by atoms with van der Waals surface area (Å²) in [6.07, 6.45) is 12.7. The summed E-state index contributed by atoms with van der Waals surface area (Å²) < 4.78 is 11.4. The largest absolute Gasteiger partial charge is 0.497 e. The van der Waals surface area contributed by atoms with Crippen LogP contribution in [0.25, 0.3) is 10.9 Å². The molecule has 164 valence electrons. The molecule has 0 spiro atoms. The fraction of sp³-hybridized carbons (Fsp3) is 0.600. The zero-order valence-electron chi connectivity index (χ0n) is 18.7. The highest BCUT2D eigenvalue weighted by atomic mass is 16.5. The molecule has 2 atom stereocenters. The second-order valence-electron chi connectivity index (χ2n) is 8.36. The lowest BCUT2D eigenvalue weighted by Crippen LogP contribution is -2.40. The van der Waals surface area contributed by atoms with E-state index in [1.807, 2.05) is 18.2 Å². The van der Waals surface area contributed by atoms with Gasteiger partial charge in [-0.2, -0.15) is 0 Å². The highest BCUT2D eigenvalue weighted by Crippen LogP contribution is 2.29. The van der Waals surface area contributed by atoms with Gasteiger partial charge < -0.3 is 14.4 Å². The van der Waals surface area contributed by atoms with Crippen LogP contribution in [0.1, 0.15) is 51.9 Å². The van der Waals surface area contributed by atoms with Crippen molar-refractivity contribution in [3.05, 3.63) is 37.2 Å². The second-order valence-corrected chi connectivity index (χ2v) is 8.36. The normalized spacial score (nSPS) is 19.7. The molecule has 0 radical (unpaired) electrons. The van der Waals surface area contributed by atoms with Crippen LogP contribution in [0.2, 0.25) is 0 Å². The first-order valence-electron chi connectivity index (χ1n) is 11.5. The van der Waals surface area contributed by atoms with Crippen molar-refractivity contribution in [1.82, 2.24) is 14.9 Å². The Morgan fingerprint density at radius 2 is 2.07 bits per heavy atom. The molecule has 0 N–H and O–H groups in total. The Labute approximate surface area is 181 Å². The molecular formula is C25H37N3O2. The van der Waals surface area contributed by atoms with Crippen LogP contribution >= 0.6 is 0 Å². The summed E-state index contributed by atoms with van der Waals surface area (Å²) in [6, 6.07) is 5.79. The Kier molecular flexibility index (Phi) is 8.94. The quantitative estimate of drug-likeness (QED) is 0.341. The zero-order valence-corrected chi connectivity index (χ0v) is 18.7. The van der Waals surface area contributed by atoms with Crippen LogP contribution < -0.4 is 9.47 Å². The highest BCUT2D eigenvalue weighted by molar-refractivity contribution is 5.84. The van der Waals surface area contributed by atoms with E-state index in [2.05, 4.69) is 34.4 Å². The molecule has 1 fully saturated rings. The predicted octanol–water partition coefficient (Wildman–Crippen LogP) is 5.50. The third-order valence-corrected chi connectivity index (χ3v) is 6.30. The van der Waals surface area contributed by atoms with E-state index in [-0.39, 0.29) is 0 Å². The molecule has 0 unspecified atom stereocenters. The smallest absolute Gasteiger partial charge is 0.224 e. The van der Waals surface area contributed by atoms with E-state index in [0.29, 0.717) is 24.3 Å². The van der Waals surface area contributed by atoms with Crippen LogP contribution in [0, 0.1) is 11.8 Å². The molecule has 1 saturated heterocycles. The van der Waals surface area contributed by atoms with Gasteiger partial charge in [0.15, 0.2) is 0 Å². The van der Waals surface area contributed by atoms with Crippen LogP contribution in [-0.2, 0) is 0 Å². The molecule has 2 aromatic rings. The van der Waals surface area contributed by atoms with E-state index in [0.717, 1.165) is 29.6 Å². The molecular weight excluding hydrogens is 374 g/mol. The van der Waals surface area contributed by atoms with Crippen molar-refractivity contribution in [2.75, 3.05) is 33.4 Å². The van der Waals surface area contributed by atoms with Crippen molar-refractivity contribution in [2.24, 2.45) is 11.8 Å². The monoisotopic (exact) mass is 411 g/mol. The van der Waals surface area contributed by atoms with Gasteiger partial charge in [0.05, 0.1) is 24.6 Å². The number of benzene rings is 1. The van der Waals surface area contributed by atoms with Gasteiger partial charge in [-0.3, -0.25) is 0 Å². The van der Waals surface area contributed by atoms with Crippen molar-refractivity contribution < 1.29 is 9.47 Å². The maximum Gasteiger partial charge on any atom is 0.224 e. The van der Waals surface area contributed by atoms with E-state index in [1.165, 1.54) is 51.6 Å². The number of aromatic nitrogens is 2. The Balaban J connectivity index is 1.48. The molecule has 0 saturated carbocycles. The Morgan fingerprint density at radius 3 is 2.87 bits per heavy atom. The predicted molar refractivity (Wildman–Crippen MR) is 123 cm³/mol. The fourth-order valence-corrected chi connectivity index (χ4v) is 4.43. The molecule has 1 aliphatic rings. The third kappa shape index (κ3) is 6.18. The molecule has 30 heavy (non-hydrogen) atoms. The summed E-state index contributed by atoms with van der Waals surface area (Å²) in [5.41, 5.74) is 0.872. The number of unbranched alkanes of at least 4 members (excludes halogenated alkanes) is 4. The molecule has 1 aromatic carbocycles. The second kappa shape index (κ2) is 11.9. The van der Waals surface area contributed by atoms with Gasteiger partial charge in [-0.25, -0.2) is 9.97 Å². The standard InChI is InChI=1S/C25H37N3O2/c1-4-6-7-8-9-14-28-15-12-21(20(5-2)18-28)13-16-30-25-23-17-22(29-3)10-11-24(23)26-19-27-25/h5,10-11,17,19-21H,2,4,6-9,12-16,18H2,1,3H3/t20-,21+/m0/s1. The van der Waals surface area contributed by atoms with Gasteiger partial charge in [0.1, 0.15) is 12.1 Å². The highest BCUT2D eigenvalue weighted by Gasteiger charge is 2.26. The van der Waals surface area contributed by atoms with Crippen molar-refractivity contribution in [2.45, 2.75) is 51.9 Å². The first-order chi connectivity index (χ1) is 14.7. The third-order valence-electron chi connectivity index (χ3n) is 6.30. The number of rotatable bonds is 12. The van der Waals surface area contributed by atoms with Gasteiger partial charge in [-0.05, 0) is 62.4 Å². The average molecular weight is 412 g/mol. The van der Waals surface area contributed by atoms with Crippen molar-refractivity contribution in [3.63, 3.8) is 0 Å². The van der Waals surface area contributed by atoms with E-state index in [9.17, 15) is 0 Å². The molecule has 0 aliphatic carbocycles. The number of fused-ring (bicyclic) bond motifs is 1. The molecule has 5 nitrogen and oxygen atoms in total. The minimum atomic E-state index is 0.542. The van der Waals surface area contributed by atoms with Crippen LogP contribution in [0.4, 0.5) is 0 Å². The molecule has 1 aliphatic heterocycles. The minimum Gasteiger partial charge on any atom is -0.497 e. The maximum absolute atomic E-state index is 6.09. The Morgan fingerprint density at radius 1 is 1.20 bits per heavy atom. The number of methoxy groups -OCH3 is 1. The van der Waals surface area contributed by atoms with Gasteiger partial charge in [0, 0.05) is 6.54 Å². The zero-order chi connectivity index (χ0) is 21.2. The van der Waals surface area contributed by atoms with E-state index in [1.54, 1.807) is 13.4 Å². The molecule has 5 heteroatoms. The van der Waals surface area contributed by atoms with Crippen LogP contribution in [0.3, 0.4) is 0 Å². The number of nitrogens with zero attached hydrogens (tertiary/aromatic N) is 3.